The molecule has 1 aliphatic rings. The van der Waals surface area contributed by atoms with Gasteiger partial charge in [0.05, 0.1) is 5.57 Å². The number of carbonyl (C=O) groups is 1. The van der Waals surface area contributed by atoms with Crippen molar-refractivity contribution in [3.05, 3.63) is 24.0 Å². The molecule has 3 heteroatoms. The predicted molar refractivity (Wildman–Crippen MR) is 44.4 cm³/mol. The Labute approximate surface area is 71.7 Å². The molecule has 12 heavy (non-hydrogen) atoms. The summed E-state index contributed by atoms with van der Waals surface area (Å²) in [4.78, 5) is 11.0. The highest BCUT2D eigenvalue weighted by atomic mass is 16.6. The van der Waals surface area contributed by atoms with Crippen molar-refractivity contribution in [1.82, 2.24) is 0 Å². The van der Waals surface area contributed by atoms with Gasteiger partial charge in [0.2, 0.25) is 0 Å². The average molecular weight is 168 g/mol. The van der Waals surface area contributed by atoms with Crippen LogP contribution < -0.4 is 0 Å². The third-order valence-electron chi connectivity index (χ3n) is 1.69. The molecule has 0 radical (unpaired) electrons. The topological polar surface area (TPSA) is 35.5 Å². The van der Waals surface area contributed by atoms with Crippen molar-refractivity contribution in [2.24, 2.45) is 0 Å². The largest absolute Gasteiger partial charge is 0.489 e. The first-order valence-electron chi connectivity index (χ1n) is 3.82. The molecular weight excluding hydrogens is 156 g/mol. The second-order valence-electron chi connectivity index (χ2n) is 2.64. The predicted octanol–water partition coefficient (Wildman–Crippen LogP) is 1.41. The third kappa shape index (κ3) is 1.49. The highest BCUT2D eigenvalue weighted by molar-refractivity contribution is 5.91. The lowest BCUT2D eigenvalue weighted by Crippen LogP contribution is -2.08. The van der Waals surface area contributed by atoms with Gasteiger partial charge in [-0.05, 0) is 13.8 Å². The van der Waals surface area contributed by atoms with Gasteiger partial charge in [0.25, 0.3) is 0 Å². The van der Waals surface area contributed by atoms with Crippen molar-refractivity contribution in [3.63, 3.8) is 0 Å². The molecule has 0 spiro atoms. The summed E-state index contributed by atoms with van der Waals surface area (Å²) < 4.78 is 10.2. The van der Waals surface area contributed by atoms with Crippen LogP contribution in [0, 0.1) is 0 Å². The summed E-state index contributed by atoms with van der Waals surface area (Å²) in [5.74, 6) is 0.335. The third-order valence-corrected chi connectivity index (χ3v) is 1.69. The number of hydrogen-bond acceptors (Lipinski definition) is 3. The van der Waals surface area contributed by atoms with E-state index in [-0.39, 0.29) is 12.1 Å². The number of rotatable bonds is 3. The second-order valence-corrected chi connectivity index (χ2v) is 2.64. The summed E-state index contributed by atoms with van der Waals surface area (Å²) >= 11 is 0. The average Bonchev–Trinajstić information content (AvgIpc) is 2.25. The van der Waals surface area contributed by atoms with Crippen LogP contribution in [0.5, 0.6) is 0 Å². The van der Waals surface area contributed by atoms with Crippen molar-refractivity contribution in [2.45, 2.75) is 20.0 Å². The molecule has 0 aromatic heterocycles. The van der Waals surface area contributed by atoms with E-state index in [4.69, 9.17) is 9.47 Å². The SMILES string of the molecule is C=CCOC1=C(C)C(=O)O[C@H]1C. The standard InChI is InChI=1S/C9H12O3/c1-4-5-11-8-6(2)9(10)12-7(8)3/h4,7H,1,5H2,2-3H3/t7-/m0/s1. The van der Waals surface area contributed by atoms with Crippen LogP contribution in [-0.2, 0) is 14.3 Å². The van der Waals surface area contributed by atoms with E-state index in [1.54, 1.807) is 19.9 Å². The fraction of sp³-hybridized carbons (Fsp3) is 0.444. The molecule has 1 atom stereocenters. The molecular formula is C9H12O3. The molecule has 0 amide bonds. The van der Waals surface area contributed by atoms with Gasteiger partial charge < -0.3 is 9.47 Å². The fourth-order valence-electron chi connectivity index (χ4n) is 1.08. The maximum atomic E-state index is 11.0. The molecule has 0 saturated heterocycles. The summed E-state index contributed by atoms with van der Waals surface area (Å²) in [7, 11) is 0. The van der Waals surface area contributed by atoms with Crippen LogP contribution in [0.15, 0.2) is 24.0 Å². The van der Waals surface area contributed by atoms with Crippen LogP contribution >= 0.6 is 0 Å². The van der Waals surface area contributed by atoms with Gasteiger partial charge in [-0.3, -0.25) is 0 Å². The lowest BCUT2D eigenvalue weighted by Gasteiger charge is -2.08. The van der Waals surface area contributed by atoms with Crippen molar-refractivity contribution >= 4 is 5.97 Å². The number of cyclic esters (lactones) is 1. The monoisotopic (exact) mass is 168 g/mol. The van der Waals surface area contributed by atoms with Gasteiger partial charge in [-0.1, -0.05) is 12.7 Å². The van der Waals surface area contributed by atoms with Crippen molar-refractivity contribution in [2.75, 3.05) is 6.61 Å². The van der Waals surface area contributed by atoms with Gasteiger partial charge in [0.1, 0.15) is 12.4 Å². The fourth-order valence-corrected chi connectivity index (χ4v) is 1.08. The molecule has 0 N–H and O–H groups in total. The first-order chi connectivity index (χ1) is 5.66. The Morgan fingerprint density at radius 2 is 2.42 bits per heavy atom. The number of carbonyl (C=O) groups excluding carboxylic acids is 1. The zero-order chi connectivity index (χ0) is 9.14. The van der Waals surface area contributed by atoms with Crippen LogP contribution in [0.4, 0.5) is 0 Å². The van der Waals surface area contributed by atoms with E-state index >= 15 is 0 Å². The summed E-state index contributed by atoms with van der Waals surface area (Å²) in [6.07, 6.45) is 1.38. The first-order valence-corrected chi connectivity index (χ1v) is 3.82. The van der Waals surface area contributed by atoms with Crippen LogP contribution in [0.2, 0.25) is 0 Å². The first kappa shape index (κ1) is 8.84. The van der Waals surface area contributed by atoms with E-state index in [9.17, 15) is 4.79 Å². The van der Waals surface area contributed by atoms with Gasteiger partial charge in [0.15, 0.2) is 6.10 Å². The minimum atomic E-state index is -0.290. The molecule has 66 valence electrons. The summed E-state index contributed by atoms with van der Waals surface area (Å²) in [6, 6.07) is 0. The molecule has 1 aliphatic heterocycles. The normalized spacial score (nSPS) is 22.5. The highest BCUT2D eigenvalue weighted by Gasteiger charge is 2.29. The van der Waals surface area contributed by atoms with Crippen LogP contribution in [0.1, 0.15) is 13.8 Å². The maximum absolute atomic E-state index is 11.0. The minimum Gasteiger partial charge on any atom is -0.489 e. The van der Waals surface area contributed by atoms with E-state index in [1.807, 2.05) is 0 Å². The Morgan fingerprint density at radius 1 is 1.75 bits per heavy atom. The van der Waals surface area contributed by atoms with Gasteiger partial charge in [-0.15, -0.1) is 0 Å². The smallest absolute Gasteiger partial charge is 0.337 e. The van der Waals surface area contributed by atoms with Gasteiger partial charge in [-0.25, -0.2) is 4.79 Å². The molecule has 0 saturated carbocycles. The maximum Gasteiger partial charge on any atom is 0.337 e. The Hall–Kier alpha value is -1.25. The molecule has 0 bridgehead atoms. The molecule has 1 heterocycles. The van der Waals surface area contributed by atoms with E-state index in [2.05, 4.69) is 6.58 Å². The molecule has 1 rings (SSSR count). The van der Waals surface area contributed by atoms with Crippen molar-refractivity contribution in [3.8, 4) is 0 Å². The summed E-state index contributed by atoms with van der Waals surface area (Å²) in [6.45, 7) is 7.41. The van der Waals surface area contributed by atoms with E-state index in [0.29, 0.717) is 17.9 Å². The highest BCUT2D eigenvalue weighted by Crippen LogP contribution is 2.22. The Kier molecular flexibility index (Phi) is 2.53. The zero-order valence-corrected chi connectivity index (χ0v) is 7.29. The van der Waals surface area contributed by atoms with E-state index < -0.39 is 0 Å². The second kappa shape index (κ2) is 3.43. The number of ether oxygens (including phenoxy) is 2. The Morgan fingerprint density at radius 3 is 2.83 bits per heavy atom. The molecule has 3 nitrogen and oxygen atoms in total. The van der Waals surface area contributed by atoms with Gasteiger partial charge in [0, 0.05) is 0 Å². The van der Waals surface area contributed by atoms with Crippen LogP contribution in [0.25, 0.3) is 0 Å². The van der Waals surface area contributed by atoms with Gasteiger partial charge >= 0.3 is 5.97 Å². The van der Waals surface area contributed by atoms with Crippen molar-refractivity contribution in [1.29, 1.82) is 0 Å². The zero-order valence-electron chi connectivity index (χ0n) is 7.29. The molecule has 0 unspecified atom stereocenters. The summed E-state index contributed by atoms with van der Waals surface area (Å²) in [5.41, 5.74) is 0.560. The van der Waals surface area contributed by atoms with Crippen LogP contribution in [0.3, 0.4) is 0 Å². The lowest BCUT2D eigenvalue weighted by molar-refractivity contribution is -0.139. The minimum absolute atomic E-state index is 0.252. The molecule has 0 fully saturated rings. The van der Waals surface area contributed by atoms with Gasteiger partial charge in [-0.2, -0.15) is 0 Å². The Bertz CT molecular complexity index is 240. The van der Waals surface area contributed by atoms with Crippen molar-refractivity contribution < 1.29 is 14.3 Å². The summed E-state index contributed by atoms with van der Waals surface area (Å²) in [5, 5.41) is 0. The number of esters is 1. The lowest BCUT2D eigenvalue weighted by atomic mass is 10.2. The van der Waals surface area contributed by atoms with Crippen LogP contribution in [-0.4, -0.2) is 18.7 Å². The van der Waals surface area contributed by atoms with E-state index in [1.165, 1.54) is 0 Å². The molecule has 0 aliphatic carbocycles. The van der Waals surface area contributed by atoms with E-state index in [0.717, 1.165) is 0 Å². The quantitative estimate of drug-likeness (QED) is 0.472. The Balaban J connectivity index is 2.71. The number of hydrogen-bond donors (Lipinski definition) is 0. The molecule has 0 aromatic carbocycles. The molecule has 0 aromatic rings.